The number of nitrogens with zero attached hydrogens (tertiary/aromatic N) is 7. The summed E-state index contributed by atoms with van der Waals surface area (Å²) in [6, 6.07) is 15.9. The number of para-hydroxylation sites is 1. The zero-order chi connectivity index (χ0) is 31.0. The molecule has 0 unspecified atom stereocenters. The average molecular weight is 598 g/mol. The Morgan fingerprint density at radius 3 is 2.34 bits per heavy atom. The van der Waals surface area contributed by atoms with Gasteiger partial charge in [-0.05, 0) is 31.2 Å². The molecule has 6 rings (SSSR count). The third-order valence-corrected chi connectivity index (χ3v) is 7.70. The van der Waals surface area contributed by atoms with E-state index in [1.54, 1.807) is 66.1 Å². The van der Waals surface area contributed by atoms with Crippen LogP contribution in [-0.4, -0.2) is 54.2 Å². The van der Waals surface area contributed by atoms with Gasteiger partial charge in [-0.25, -0.2) is 28.4 Å². The number of carbonyl (C=O) groups excluding carboxylic acids is 1. The molecule has 0 bridgehead atoms. The number of nitrogens with two attached hydrogens (primary N) is 1. The Bertz CT molecular complexity index is 1890. The van der Waals surface area contributed by atoms with Crippen LogP contribution >= 0.6 is 0 Å². The molecule has 0 aliphatic carbocycles. The summed E-state index contributed by atoms with van der Waals surface area (Å²) in [5.74, 6) is -2.51. The van der Waals surface area contributed by atoms with E-state index in [2.05, 4.69) is 25.3 Å². The van der Waals surface area contributed by atoms with Gasteiger partial charge in [0.2, 0.25) is 0 Å². The van der Waals surface area contributed by atoms with E-state index in [1.165, 1.54) is 17.1 Å². The summed E-state index contributed by atoms with van der Waals surface area (Å²) in [4.78, 5) is 46.0. The monoisotopic (exact) mass is 597 g/mol. The Labute approximate surface area is 251 Å². The molecule has 1 aliphatic rings. The molecule has 2 aromatic carbocycles. The molecule has 224 valence electrons. The van der Waals surface area contributed by atoms with Crippen molar-refractivity contribution in [2.75, 3.05) is 29.0 Å². The third-order valence-electron chi connectivity index (χ3n) is 7.70. The molecule has 1 aliphatic heterocycles. The average Bonchev–Trinajstić information content (AvgIpc) is 3.25. The van der Waals surface area contributed by atoms with E-state index in [-0.39, 0.29) is 37.3 Å². The number of nitrogen functional groups attached to an aromatic ring is 1. The van der Waals surface area contributed by atoms with Crippen molar-refractivity contribution in [3.8, 4) is 28.3 Å². The van der Waals surface area contributed by atoms with E-state index in [1.807, 2.05) is 18.2 Å². The lowest BCUT2D eigenvalue weighted by atomic mass is 10.1. The molecule has 5 aromatic rings. The summed E-state index contributed by atoms with van der Waals surface area (Å²) in [6.45, 7) is 2.08. The first-order valence-corrected chi connectivity index (χ1v) is 13.9. The summed E-state index contributed by atoms with van der Waals surface area (Å²) in [7, 11) is 1.73. The maximum Gasteiger partial charge on any atom is 0.284 e. The van der Waals surface area contributed by atoms with E-state index in [0.29, 0.717) is 45.5 Å². The smallest absolute Gasteiger partial charge is 0.284 e. The van der Waals surface area contributed by atoms with Crippen molar-refractivity contribution in [1.82, 2.24) is 29.3 Å². The molecule has 0 saturated carbocycles. The molecule has 11 nitrogen and oxygen atoms in total. The van der Waals surface area contributed by atoms with Crippen LogP contribution in [0.15, 0.2) is 78.0 Å². The lowest BCUT2D eigenvalue weighted by Crippen LogP contribution is -2.39. The number of halogens is 2. The third kappa shape index (κ3) is 5.51. The Morgan fingerprint density at radius 2 is 1.64 bits per heavy atom. The predicted molar refractivity (Wildman–Crippen MR) is 163 cm³/mol. The van der Waals surface area contributed by atoms with Crippen molar-refractivity contribution in [2.24, 2.45) is 7.05 Å². The number of carbonyl (C=O) groups is 1. The van der Waals surface area contributed by atoms with Gasteiger partial charge in [0.1, 0.15) is 34.3 Å². The fourth-order valence-electron chi connectivity index (χ4n) is 5.16. The number of anilines is 3. The quantitative estimate of drug-likeness (QED) is 0.293. The summed E-state index contributed by atoms with van der Waals surface area (Å²) >= 11 is 0. The standard InChI is InChI=1S/C31H29F2N9O2/c1-19-26(30(44)42(40(19)2)22-6-4-3-5-7-22)29(43)37-21-10-8-20(9-11-21)27-28(34)36-17-24(39-27)23-16-35-18-25(38-23)41-14-12-31(32,33)13-15-41/h3-11,16-18H,12-15H2,1-2H3,(H2,34,36)(H,37,43). The van der Waals surface area contributed by atoms with Crippen molar-refractivity contribution in [3.63, 3.8) is 0 Å². The minimum atomic E-state index is -2.67. The van der Waals surface area contributed by atoms with E-state index < -0.39 is 17.4 Å². The molecule has 1 amide bonds. The zero-order valence-corrected chi connectivity index (χ0v) is 24.0. The zero-order valence-electron chi connectivity index (χ0n) is 24.0. The molecule has 44 heavy (non-hydrogen) atoms. The van der Waals surface area contributed by atoms with Gasteiger partial charge in [0.05, 0.1) is 30.0 Å². The van der Waals surface area contributed by atoms with Gasteiger partial charge in [-0.15, -0.1) is 0 Å². The highest BCUT2D eigenvalue weighted by Crippen LogP contribution is 2.31. The van der Waals surface area contributed by atoms with Crippen LogP contribution < -0.4 is 21.5 Å². The largest absolute Gasteiger partial charge is 0.382 e. The van der Waals surface area contributed by atoms with Crippen molar-refractivity contribution < 1.29 is 13.6 Å². The van der Waals surface area contributed by atoms with Gasteiger partial charge in [0, 0.05) is 44.2 Å². The number of amides is 1. The molecule has 0 radical (unpaired) electrons. The van der Waals surface area contributed by atoms with Crippen LogP contribution in [0.25, 0.3) is 28.3 Å². The number of nitrogens with one attached hydrogen (secondary N) is 1. The number of hydrogen-bond acceptors (Lipinski definition) is 8. The number of rotatable bonds is 6. The second-order valence-electron chi connectivity index (χ2n) is 10.6. The van der Waals surface area contributed by atoms with Crippen LogP contribution in [-0.2, 0) is 7.05 Å². The number of piperidine rings is 1. The van der Waals surface area contributed by atoms with Crippen LogP contribution in [0.1, 0.15) is 28.9 Å². The molecular weight excluding hydrogens is 568 g/mol. The normalized spacial score (nSPS) is 14.4. The highest BCUT2D eigenvalue weighted by atomic mass is 19.3. The first kappa shape index (κ1) is 28.6. The van der Waals surface area contributed by atoms with Crippen LogP contribution in [0.3, 0.4) is 0 Å². The van der Waals surface area contributed by atoms with Crippen LogP contribution in [0.5, 0.6) is 0 Å². The fraction of sp³-hybridized carbons (Fsp3) is 0.226. The minimum Gasteiger partial charge on any atom is -0.382 e. The molecule has 0 atom stereocenters. The van der Waals surface area contributed by atoms with Gasteiger partial charge >= 0.3 is 0 Å². The Balaban J connectivity index is 1.22. The van der Waals surface area contributed by atoms with Gasteiger partial charge in [0.25, 0.3) is 17.4 Å². The maximum atomic E-state index is 13.6. The molecular formula is C31H29F2N9O2. The Hall–Kier alpha value is -5.46. The van der Waals surface area contributed by atoms with Crippen LogP contribution in [0.2, 0.25) is 0 Å². The molecule has 3 aromatic heterocycles. The Kier molecular flexibility index (Phi) is 7.37. The van der Waals surface area contributed by atoms with Crippen molar-refractivity contribution in [2.45, 2.75) is 25.7 Å². The second-order valence-corrected chi connectivity index (χ2v) is 10.6. The van der Waals surface area contributed by atoms with E-state index >= 15 is 0 Å². The minimum absolute atomic E-state index is 0.0462. The molecule has 1 saturated heterocycles. The fourth-order valence-corrected chi connectivity index (χ4v) is 5.16. The number of alkyl halides is 2. The Morgan fingerprint density at radius 1 is 0.955 bits per heavy atom. The molecule has 4 heterocycles. The van der Waals surface area contributed by atoms with Crippen molar-refractivity contribution in [1.29, 1.82) is 0 Å². The van der Waals surface area contributed by atoms with Crippen molar-refractivity contribution in [3.05, 3.63) is 94.8 Å². The molecule has 1 fully saturated rings. The number of hydrogen-bond donors (Lipinski definition) is 2. The van der Waals surface area contributed by atoms with Crippen LogP contribution in [0.4, 0.5) is 26.1 Å². The van der Waals surface area contributed by atoms with E-state index in [9.17, 15) is 18.4 Å². The van der Waals surface area contributed by atoms with E-state index in [0.717, 1.165) is 0 Å². The topological polar surface area (TPSA) is 137 Å². The van der Waals surface area contributed by atoms with Crippen molar-refractivity contribution >= 4 is 23.2 Å². The molecule has 3 N–H and O–H groups in total. The SMILES string of the molecule is Cc1c(C(=O)Nc2ccc(-c3nc(-c4cncc(N5CCC(F)(F)CC5)n4)cnc3N)cc2)c(=O)n(-c2ccccc2)n1C. The number of aromatic nitrogens is 6. The number of benzene rings is 2. The van der Waals surface area contributed by atoms with Crippen LogP contribution in [0, 0.1) is 6.92 Å². The summed E-state index contributed by atoms with van der Waals surface area (Å²) < 4.78 is 30.3. The highest BCUT2D eigenvalue weighted by molar-refractivity contribution is 6.05. The summed E-state index contributed by atoms with van der Waals surface area (Å²) in [6.07, 6.45) is 4.08. The molecule has 13 heteroatoms. The molecule has 0 spiro atoms. The van der Waals surface area contributed by atoms with Gasteiger partial charge in [-0.2, -0.15) is 0 Å². The predicted octanol–water partition coefficient (Wildman–Crippen LogP) is 4.47. The second kappa shape index (κ2) is 11.3. The maximum absolute atomic E-state index is 13.6. The van der Waals surface area contributed by atoms with Gasteiger partial charge < -0.3 is 16.0 Å². The highest BCUT2D eigenvalue weighted by Gasteiger charge is 2.34. The lowest BCUT2D eigenvalue weighted by molar-refractivity contribution is -0.0221. The van der Waals surface area contributed by atoms with Gasteiger partial charge in [-0.1, -0.05) is 30.3 Å². The first-order chi connectivity index (χ1) is 21.1. The van der Waals surface area contributed by atoms with Gasteiger partial charge in [0.15, 0.2) is 0 Å². The summed E-state index contributed by atoms with van der Waals surface area (Å²) in [5.41, 5.74) is 9.32. The lowest BCUT2D eigenvalue weighted by Gasteiger charge is -2.32. The first-order valence-electron chi connectivity index (χ1n) is 13.9. The van der Waals surface area contributed by atoms with Gasteiger partial charge in [-0.3, -0.25) is 19.3 Å². The summed E-state index contributed by atoms with van der Waals surface area (Å²) in [5, 5.41) is 2.80. The van der Waals surface area contributed by atoms with E-state index in [4.69, 9.17) is 5.73 Å².